The molecule has 0 bridgehead atoms. The Labute approximate surface area is 110 Å². The molecule has 2 nitrogen and oxygen atoms in total. The number of aromatic nitrogens is 2. The minimum absolute atomic E-state index is 0.225. The summed E-state index contributed by atoms with van der Waals surface area (Å²) >= 11 is 0. The first-order chi connectivity index (χ1) is 9.29. The number of fused-ring (bicyclic) bond motifs is 2. The van der Waals surface area contributed by atoms with Crippen molar-refractivity contribution in [3.8, 4) is 0 Å². The van der Waals surface area contributed by atoms with Crippen molar-refractivity contribution in [2.45, 2.75) is 18.8 Å². The van der Waals surface area contributed by atoms with Crippen LogP contribution in [0.15, 0.2) is 42.5 Å². The van der Waals surface area contributed by atoms with E-state index in [0.717, 1.165) is 29.7 Å². The number of rotatable bonds is 1. The van der Waals surface area contributed by atoms with Gasteiger partial charge in [0, 0.05) is 5.92 Å². The Balaban J connectivity index is 1.73. The molecule has 19 heavy (non-hydrogen) atoms. The third-order valence-corrected chi connectivity index (χ3v) is 3.90. The van der Waals surface area contributed by atoms with E-state index in [1.807, 2.05) is 0 Å². The zero-order valence-electron chi connectivity index (χ0n) is 10.4. The number of halogens is 1. The van der Waals surface area contributed by atoms with Gasteiger partial charge in [0.15, 0.2) is 0 Å². The lowest BCUT2D eigenvalue weighted by Crippen LogP contribution is -1.99. The van der Waals surface area contributed by atoms with Gasteiger partial charge in [-0.05, 0) is 42.2 Å². The Hall–Kier alpha value is -2.16. The molecule has 0 spiro atoms. The van der Waals surface area contributed by atoms with Crippen molar-refractivity contribution >= 4 is 11.0 Å². The molecule has 1 aliphatic rings. The predicted molar refractivity (Wildman–Crippen MR) is 72.6 cm³/mol. The highest BCUT2D eigenvalue weighted by molar-refractivity contribution is 5.75. The van der Waals surface area contributed by atoms with Crippen molar-refractivity contribution in [2.75, 3.05) is 0 Å². The van der Waals surface area contributed by atoms with E-state index in [2.05, 4.69) is 34.2 Å². The summed E-state index contributed by atoms with van der Waals surface area (Å²) in [6.45, 7) is 0. The van der Waals surface area contributed by atoms with Crippen molar-refractivity contribution < 1.29 is 4.39 Å². The van der Waals surface area contributed by atoms with E-state index in [-0.39, 0.29) is 5.82 Å². The van der Waals surface area contributed by atoms with Crippen LogP contribution in [-0.4, -0.2) is 9.97 Å². The van der Waals surface area contributed by atoms with E-state index in [1.54, 1.807) is 6.07 Å². The van der Waals surface area contributed by atoms with Crippen LogP contribution in [0, 0.1) is 5.82 Å². The summed E-state index contributed by atoms with van der Waals surface area (Å²) in [5.41, 5.74) is 4.43. The zero-order valence-corrected chi connectivity index (χ0v) is 10.4. The van der Waals surface area contributed by atoms with E-state index < -0.39 is 0 Å². The fourth-order valence-electron chi connectivity index (χ4n) is 2.95. The molecule has 1 aliphatic carbocycles. The average molecular weight is 252 g/mol. The SMILES string of the molecule is Fc1ccc2nc(C3Cc4ccccc4C3)[nH]c2c1. The van der Waals surface area contributed by atoms with Crippen molar-refractivity contribution in [3.63, 3.8) is 0 Å². The Kier molecular flexibility index (Phi) is 2.21. The van der Waals surface area contributed by atoms with Gasteiger partial charge in [-0.3, -0.25) is 0 Å². The summed E-state index contributed by atoms with van der Waals surface area (Å²) in [4.78, 5) is 7.86. The molecular weight excluding hydrogens is 239 g/mol. The number of nitrogens with zero attached hydrogens (tertiary/aromatic N) is 1. The molecule has 0 unspecified atom stereocenters. The van der Waals surface area contributed by atoms with Crippen LogP contribution in [0.2, 0.25) is 0 Å². The minimum atomic E-state index is -0.225. The largest absolute Gasteiger partial charge is 0.342 e. The second-order valence-corrected chi connectivity index (χ2v) is 5.16. The maximum absolute atomic E-state index is 13.2. The van der Waals surface area contributed by atoms with Crippen LogP contribution in [0.5, 0.6) is 0 Å². The Bertz CT molecular complexity index is 735. The standard InChI is InChI=1S/C16H13FN2/c17-13-5-6-14-15(9-13)19-16(18-14)12-7-10-3-1-2-4-11(10)8-12/h1-6,9,12H,7-8H2,(H,18,19). The highest BCUT2D eigenvalue weighted by atomic mass is 19.1. The molecule has 1 aromatic heterocycles. The first-order valence-corrected chi connectivity index (χ1v) is 6.51. The van der Waals surface area contributed by atoms with Gasteiger partial charge in [0.25, 0.3) is 0 Å². The third kappa shape index (κ3) is 1.73. The van der Waals surface area contributed by atoms with Crippen LogP contribution >= 0.6 is 0 Å². The molecule has 0 fully saturated rings. The van der Waals surface area contributed by atoms with Gasteiger partial charge in [0.2, 0.25) is 0 Å². The molecule has 0 saturated carbocycles. The van der Waals surface area contributed by atoms with Crippen molar-refractivity contribution in [1.29, 1.82) is 0 Å². The van der Waals surface area contributed by atoms with Gasteiger partial charge in [-0.25, -0.2) is 9.37 Å². The Morgan fingerprint density at radius 1 is 1.05 bits per heavy atom. The molecule has 0 radical (unpaired) electrons. The maximum atomic E-state index is 13.2. The first kappa shape index (κ1) is 10.7. The Morgan fingerprint density at radius 3 is 2.53 bits per heavy atom. The van der Waals surface area contributed by atoms with Crippen LogP contribution in [0.3, 0.4) is 0 Å². The van der Waals surface area contributed by atoms with Crippen LogP contribution in [0.1, 0.15) is 22.9 Å². The van der Waals surface area contributed by atoms with Crippen LogP contribution < -0.4 is 0 Å². The number of aromatic amines is 1. The summed E-state index contributed by atoms with van der Waals surface area (Å²) < 4.78 is 13.2. The molecule has 4 rings (SSSR count). The van der Waals surface area contributed by atoms with E-state index in [9.17, 15) is 4.39 Å². The number of benzene rings is 2. The first-order valence-electron chi connectivity index (χ1n) is 6.51. The molecule has 0 aliphatic heterocycles. The second kappa shape index (κ2) is 3.92. The highest BCUT2D eigenvalue weighted by Gasteiger charge is 2.24. The number of nitrogens with one attached hydrogen (secondary N) is 1. The topological polar surface area (TPSA) is 28.7 Å². The molecule has 1 heterocycles. The average Bonchev–Trinajstić information content (AvgIpc) is 3.00. The lowest BCUT2D eigenvalue weighted by Gasteiger charge is -2.03. The molecule has 1 N–H and O–H groups in total. The van der Waals surface area contributed by atoms with Gasteiger partial charge in [-0.1, -0.05) is 24.3 Å². The Morgan fingerprint density at radius 2 is 1.79 bits per heavy atom. The smallest absolute Gasteiger partial charge is 0.125 e. The summed E-state index contributed by atoms with van der Waals surface area (Å²) in [5.74, 6) is 1.13. The molecule has 0 saturated heterocycles. The summed E-state index contributed by atoms with van der Waals surface area (Å²) in [7, 11) is 0. The fraction of sp³-hybridized carbons (Fsp3) is 0.188. The maximum Gasteiger partial charge on any atom is 0.125 e. The van der Waals surface area contributed by atoms with E-state index in [0.29, 0.717) is 5.92 Å². The summed E-state index contributed by atoms with van der Waals surface area (Å²) in [6, 6.07) is 13.2. The summed E-state index contributed by atoms with van der Waals surface area (Å²) in [5, 5.41) is 0. The van der Waals surface area contributed by atoms with E-state index in [1.165, 1.54) is 23.3 Å². The van der Waals surface area contributed by atoms with Gasteiger partial charge < -0.3 is 4.98 Å². The number of imidazole rings is 1. The van der Waals surface area contributed by atoms with Gasteiger partial charge in [0.1, 0.15) is 11.6 Å². The van der Waals surface area contributed by atoms with Crippen LogP contribution in [-0.2, 0) is 12.8 Å². The highest BCUT2D eigenvalue weighted by Crippen LogP contribution is 2.33. The number of H-pyrrole nitrogens is 1. The molecule has 2 aromatic carbocycles. The van der Waals surface area contributed by atoms with Gasteiger partial charge in [-0.2, -0.15) is 0 Å². The van der Waals surface area contributed by atoms with Gasteiger partial charge in [0.05, 0.1) is 11.0 Å². The van der Waals surface area contributed by atoms with Crippen LogP contribution in [0.25, 0.3) is 11.0 Å². The number of hydrogen-bond acceptors (Lipinski definition) is 1. The molecule has 0 atom stereocenters. The minimum Gasteiger partial charge on any atom is -0.342 e. The quantitative estimate of drug-likeness (QED) is 0.704. The predicted octanol–water partition coefficient (Wildman–Crippen LogP) is 3.58. The van der Waals surface area contributed by atoms with E-state index in [4.69, 9.17) is 0 Å². The molecule has 3 heteroatoms. The van der Waals surface area contributed by atoms with Crippen molar-refractivity contribution in [2.24, 2.45) is 0 Å². The van der Waals surface area contributed by atoms with Gasteiger partial charge >= 0.3 is 0 Å². The lowest BCUT2D eigenvalue weighted by molar-refractivity contribution is 0.629. The second-order valence-electron chi connectivity index (χ2n) is 5.16. The lowest BCUT2D eigenvalue weighted by atomic mass is 10.1. The van der Waals surface area contributed by atoms with Crippen molar-refractivity contribution in [3.05, 3.63) is 65.2 Å². The summed E-state index contributed by atoms with van der Waals surface area (Å²) in [6.07, 6.45) is 2.02. The van der Waals surface area contributed by atoms with Crippen molar-refractivity contribution in [1.82, 2.24) is 9.97 Å². The normalized spacial score (nSPS) is 15.0. The van der Waals surface area contributed by atoms with Crippen LogP contribution in [0.4, 0.5) is 4.39 Å². The molecule has 0 amide bonds. The van der Waals surface area contributed by atoms with E-state index >= 15 is 0 Å². The van der Waals surface area contributed by atoms with Gasteiger partial charge in [-0.15, -0.1) is 0 Å². The zero-order chi connectivity index (χ0) is 12.8. The monoisotopic (exact) mass is 252 g/mol. The molecule has 3 aromatic rings. The third-order valence-electron chi connectivity index (χ3n) is 3.90. The molecular formula is C16H13FN2. The molecule has 94 valence electrons. The fourth-order valence-corrected chi connectivity index (χ4v) is 2.95. The number of hydrogen-bond donors (Lipinski definition) is 1.